The number of halogens is 1. The summed E-state index contributed by atoms with van der Waals surface area (Å²) in [6.45, 7) is 2.56. The average molecular weight is 288 g/mol. The normalized spacial score (nSPS) is 11.4. The Morgan fingerprint density at radius 1 is 1.33 bits per heavy atom. The molecule has 0 unspecified atom stereocenters. The van der Waals surface area contributed by atoms with Gasteiger partial charge in [-0.2, -0.15) is 5.10 Å². The summed E-state index contributed by atoms with van der Waals surface area (Å²) in [5.74, 6) is 0. The van der Waals surface area contributed by atoms with Crippen molar-refractivity contribution in [2.75, 3.05) is 4.72 Å². The molecule has 18 heavy (non-hydrogen) atoms. The Labute approximate surface area is 109 Å². The number of sulfonamides is 1. The maximum Gasteiger partial charge on any atom is 0.265 e. The van der Waals surface area contributed by atoms with E-state index in [1.54, 1.807) is 10.9 Å². The number of aryl methyl sites for hydroxylation is 1. The van der Waals surface area contributed by atoms with Crippen molar-refractivity contribution in [2.45, 2.75) is 18.4 Å². The van der Waals surface area contributed by atoms with Gasteiger partial charge in [0, 0.05) is 12.7 Å². The molecular formula is C9H10ClN5O2S. The summed E-state index contributed by atoms with van der Waals surface area (Å²) < 4.78 is 27.9. The van der Waals surface area contributed by atoms with E-state index in [9.17, 15) is 8.42 Å². The molecule has 2 aromatic heterocycles. The second-order valence-corrected chi connectivity index (χ2v) is 5.40. The van der Waals surface area contributed by atoms with E-state index in [-0.39, 0.29) is 10.2 Å². The van der Waals surface area contributed by atoms with E-state index in [1.165, 1.54) is 6.20 Å². The van der Waals surface area contributed by atoms with Gasteiger partial charge in [0.25, 0.3) is 10.0 Å². The summed E-state index contributed by atoms with van der Waals surface area (Å²) in [4.78, 5) is 7.19. The van der Waals surface area contributed by atoms with Crippen molar-refractivity contribution >= 4 is 27.3 Å². The Hall–Kier alpha value is -1.67. The minimum absolute atomic E-state index is 0.00671. The molecule has 0 fully saturated rings. The molecule has 1 N–H and O–H groups in total. The van der Waals surface area contributed by atoms with Gasteiger partial charge in [-0.25, -0.2) is 18.4 Å². The first-order chi connectivity index (χ1) is 8.51. The molecule has 9 heteroatoms. The zero-order valence-electron chi connectivity index (χ0n) is 9.41. The minimum atomic E-state index is -3.71. The van der Waals surface area contributed by atoms with Gasteiger partial charge >= 0.3 is 0 Å². The zero-order chi connectivity index (χ0) is 13.2. The molecule has 2 aromatic rings. The van der Waals surface area contributed by atoms with Gasteiger partial charge in [-0.15, -0.1) is 0 Å². The van der Waals surface area contributed by atoms with Crippen molar-refractivity contribution in [3.63, 3.8) is 0 Å². The lowest BCUT2D eigenvalue weighted by Crippen LogP contribution is -2.13. The van der Waals surface area contributed by atoms with E-state index >= 15 is 0 Å². The molecule has 0 atom stereocenters. The molecule has 0 bridgehead atoms. The molecule has 0 aromatic carbocycles. The standard InChI is InChI=1S/C9H10ClN5O2S/c1-2-15-6-7(3-13-15)14-18(16,17)8-4-11-9(10)12-5-8/h3-6,14H,2H2,1H3. The lowest BCUT2D eigenvalue weighted by Gasteiger charge is -2.04. The van der Waals surface area contributed by atoms with E-state index < -0.39 is 10.0 Å². The van der Waals surface area contributed by atoms with Gasteiger partial charge in [-0.3, -0.25) is 9.40 Å². The number of nitrogens with one attached hydrogen (secondary N) is 1. The van der Waals surface area contributed by atoms with Crippen LogP contribution in [0, 0.1) is 0 Å². The molecule has 2 heterocycles. The Bertz CT molecular complexity index is 637. The number of anilines is 1. The van der Waals surface area contributed by atoms with Gasteiger partial charge in [0.2, 0.25) is 5.28 Å². The van der Waals surface area contributed by atoms with Crippen LogP contribution in [-0.2, 0) is 16.6 Å². The number of aromatic nitrogens is 4. The van der Waals surface area contributed by atoms with Crippen molar-refractivity contribution in [3.05, 3.63) is 30.1 Å². The van der Waals surface area contributed by atoms with Crippen molar-refractivity contribution in [1.29, 1.82) is 0 Å². The van der Waals surface area contributed by atoms with Crippen LogP contribution in [0.1, 0.15) is 6.92 Å². The fourth-order valence-electron chi connectivity index (χ4n) is 1.24. The topological polar surface area (TPSA) is 89.8 Å². The first-order valence-corrected chi connectivity index (χ1v) is 6.90. The van der Waals surface area contributed by atoms with Crippen molar-refractivity contribution in [2.24, 2.45) is 0 Å². The number of rotatable bonds is 4. The van der Waals surface area contributed by atoms with Gasteiger partial charge in [0.1, 0.15) is 4.90 Å². The third kappa shape index (κ3) is 2.77. The van der Waals surface area contributed by atoms with Crippen LogP contribution in [0.5, 0.6) is 0 Å². The highest BCUT2D eigenvalue weighted by Crippen LogP contribution is 2.14. The maximum atomic E-state index is 11.9. The second kappa shape index (κ2) is 4.91. The largest absolute Gasteiger partial charge is 0.276 e. The predicted molar refractivity (Wildman–Crippen MR) is 65.8 cm³/mol. The molecule has 0 radical (unpaired) electrons. The van der Waals surface area contributed by atoms with Crippen LogP contribution in [0.3, 0.4) is 0 Å². The van der Waals surface area contributed by atoms with Gasteiger partial charge in [0.15, 0.2) is 0 Å². The van der Waals surface area contributed by atoms with Crippen LogP contribution in [0.25, 0.3) is 0 Å². The van der Waals surface area contributed by atoms with Crippen LogP contribution in [0.15, 0.2) is 29.7 Å². The van der Waals surface area contributed by atoms with Crippen LogP contribution < -0.4 is 4.72 Å². The lowest BCUT2D eigenvalue weighted by molar-refractivity contribution is 0.600. The quantitative estimate of drug-likeness (QED) is 0.852. The Balaban J connectivity index is 2.24. The first-order valence-electron chi connectivity index (χ1n) is 5.04. The highest BCUT2D eigenvalue weighted by Gasteiger charge is 2.16. The summed E-state index contributed by atoms with van der Waals surface area (Å²) in [5.41, 5.74) is 0.381. The van der Waals surface area contributed by atoms with Gasteiger partial charge < -0.3 is 0 Å². The predicted octanol–water partition coefficient (Wildman–Crippen LogP) is 1.15. The first kappa shape index (κ1) is 12.8. The van der Waals surface area contributed by atoms with Crippen LogP contribution in [-0.4, -0.2) is 28.2 Å². The maximum absolute atomic E-state index is 11.9. The molecule has 7 nitrogen and oxygen atoms in total. The Morgan fingerprint density at radius 2 is 2.00 bits per heavy atom. The number of hydrogen-bond acceptors (Lipinski definition) is 5. The fourth-order valence-corrected chi connectivity index (χ4v) is 2.26. The molecule has 0 aliphatic heterocycles. The third-order valence-electron chi connectivity index (χ3n) is 2.12. The summed E-state index contributed by atoms with van der Waals surface area (Å²) >= 11 is 5.49. The molecular weight excluding hydrogens is 278 g/mol. The monoisotopic (exact) mass is 287 g/mol. The third-order valence-corrected chi connectivity index (χ3v) is 3.65. The van der Waals surface area contributed by atoms with Crippen molar-refractivity contribution in [1.82, 2.24) is 19.7 Å². The summed E-state index contributed by atoms with van der Waals surface area (Å²) in [6, 6.07) is 0. The van der Waals surface area contributed by atoms with Crippen LogP contribution in [0.2, 0.25) is 5.28 Å². The molecule has 0 aliphatic carbocycles. The molecule has 2 rings (SSSR count). The van der Waals surface area contributed by atoms with Crippen molar-refractivity contribution in [3.8, 4) is 0 Å². The average Bonchev–Trinajstić information content (AvgIpc) is 2.76. The second-order valence-electron chi connectivity index (χ2n) is 3.38. The Morgan fingerprint density at radius 3 is 2.56 bits per heavy atom. The fraction of sp³-hybridized carbons (Fsp3) is 0.222. The smallest absolute Gasteiger partial charge is 0.265 e. The van der Waals surface area contributed by atoms with E-state index in [1.807, 2.05) is 6.92 Å². The Kier molecular flexibility index (Phi) is 3.48. The SMILES string of the molecule is CCn1cc(NS(=O)(=O)c2cnc(Cl)nc2)cn1. The summed E-state index contributed by atoms with van der Waals surface area (Å²) in [7, 11) is -3.71. The van der Waals surface area contributed by atoms with Crippen LogP contribution >= 0.6 is 11.6 Å². The van der Waals surface area contributed by atoms with Gasteiger partial charge in [-0.1, -0.05) is 0 Å². The molecule has 0 amide bonds. The molecule has 0 spiro atoms. The number of hydrogen-bond donors (Lipinski definition) is 1. The van der Waals surface area contributed by atoms with Gasteiger partial charge in [0.05, 0.1) is 24.3 Å². The van der Waals surface area contributed by atoms with E-state index in [2.05, 4.69) is 19.8 Å². The molecule has 0 saturated carbocycles. The van der Waals surface area contributed by atoms with Crippen molar-refractivity contribution < 1.29 is 8.42 Å². The van der Waals surface area contributed by atoms with E-state index in [0.717, 1.165) is 12.4 Å². The molecule has 0 aliphatic rings. The number of nitrogens with zero attached hydrogens (tertiary/aromatic N) is 4. The molecule has 96 valence electrons. The summed E-state index contributed by atoms with van der Waals surface area (Å²) in [6.07, 6.45) is 5.30. The molecule has 0 saturated heterocycles. The van der Waals surface area contributed by atoms with Gasteiger partial charge in [-0.05, 0) is 18.5 Å². The lowest BCUT2D eigenvalue weighted by atomic mass is 10.6. The highest BCUT2D eigenvalue weighted by atomic mass is 35.5. The van der Waals surface area contributed by atoms with E-state index in [4.69, 9.17) is 11.6 Å². The van der Waals surface area contributed by atoms with E-state index in [0.29, 0.717) is 12.2 Å². The van der Waals surface area contributed by atoms with Crippen LogP contribution in [0.4, 0.5) is 5.69 Å². The zero-order valence-corrected chi connectivity index (χ0v) is 11.0. The summed E-state index contributed by atoms with van der Waals surface area (Å²) in [5, 5.41) is 3.96. The minimum Gasteiger partial charge on any atom is -0.276 e. The highest BCUT2D eigenvalue weighted by molar-refractivity contribution is 7.92.